The molecule has 22 heavy (non-hydrogen) atoms. The molecule has 2 rings (SSSR count). The number of nitrogens with zero attached hydrogens (tertiary/aromatic N) is 1. The second-order valence-electron chi connectivity index (χ2n) is 5.73. The molecule has 124 valence electrons. The first-order valence-electron chi connectivity index (χ1n) is 7.95. The lowest BCUT2D eigenvalue weighted by Gasteiger charge is -2.31. The second kappa shape index (κ2) is 7.94. The summed E-state index contributed by atoms with van der Waals surface area (Å²) in [5, 5.41) is 3.16. The van der Waals surface area contributed by atoms with E-state index in [9.17, 15) is 8.42 Å². The molecule has 0 bridgehead atoms. The van der Waals surface area contributed by atoms with E-state index in [0.29, 0.717) is 36.3 Å². The Bertz CT molecular complexity index is 549. The molecule has 0 spiro atoms. The first kappa shape index (κ1) is 17.2. The van der Waals surface area contributed by atoms with Crippen LogP contribution in [0.3, 0.4) is 0 Å². The van der Waals surface area contributed by atoms with Gasteiger partial charge in [0.05, 0.1) is 11.5 Å². The largest absolute Gasteiger partial charge is 0.494 e. The Hall–Kier alpha value is -1.11. The summed E-state index contributed by atoms with van der Waals surface area (Å²) >= 11 is 0. The van der Waals surface area contributed by atoms with Crippen LogP contribution >= 0.6 is 0 Å². The topological polar surface area (TPSA) is 58.6 Å². The van der Waals surface area contributed by atoms with Crippen molar-refractivity contribution in [1.29, 1.82) is 0 Å². The molecule has 1 saturated heterocycles. The number of benzene rings is 1. The van der Waals surface area contributed by atoms with Gasteiger partial charge in [0.25, 0.3) is 0 Å². The van der Waals surface area contributed by atoms with Gasteiger partial charge in [0.15, 0.2) is 0 Å². The van der Waals surface area contributed by atoms with Crippen molar-refractivity contribution >= 4 is 10.0 Å². The molecular weight excluding hydrogens is 300 g/mol. The van der Waals surface area contributed by atoms with Crippen LogP contribution in [-0.4, -0.2) is 46.0 Å². The van der Waals surface area contributed by atoms with Crippen LogP contribution in [-0.2, 0) is 10.0 Å². The third-order valence-electron chi connectivity index (χ3n) is 4.00. The van der Waals surface area contributed by atoms with Gasteiger partial charge in [0.2, 0.25) is 10.0 Å². The predicted octanol–water partition coefficient (Wildman–Crippen LogP) is 2.10. The van der Waals surface area contributed by atoms with E-state index in [1.165, 1.54) is 0 Å². The van der Waals surface area contributed by atoms with Gasteiger partial charge in [-0.2, -0.15) is 4.31 Å². The first-order valence-corrected chi connectivity index (χ1v) is 9.39. The molecule has 0 aromatic heterocycles. The molecule has 0 aliphatic carbocycles. The standard InChI is InChI=1S/C16H26N2O3S/c1-3-12-21-15-4-6-16(7-5-15)22(19,20)18-10-8-14(9-11-18)13-17-2/h4-7,14,17H,3,8-13H2,1-2H3. The van der Waals surface area contributed by atoms with Gasteiger partial charge in [-0.25, -0.2) is 8.42 Å². The first-order chi connectivity index (χ1) is 10.6. The quantitative estimate of drug-likeness (QED) is 0.833. The van der Waals surface area contributed by atoms with Gasteiger partial charge in [0, 0.05) is 13.1 Å². The van der Waals surface area contributed by atoms with Gasteiger partial charge in [0.1, 0.15) is 5.75 Å². The van der Waals surface area contributed by atoms with Crippen LogP contribution in [0.2, 0.25) is 0 Å². The fourth-order valence-electron chi connectivity index (χ4n) is 2.72. The maximum atomic E-state index is 12.6. The third-order valence-corrected chi connectivity index (χ3v) is 5.91. The molecular formula is C16H26N2O3S. The normalized spacial score (nSPS) is 17.5. The molecule has 1 N–H and O–H groups in total. The maximum absolute atomic E-state index is 12.6. The molecule has 5 nitrogen and oxygen atoms in total. The maximum Gasteiger partial charge on any atom is 0.243 e. The number of ether oxygens (including phenoxy) is 1. The lowest BCUT2D eigenvalue weighted by Crippen LogP contribution is -2.40. The summed E-state index contributed by atoms with van der Waals surface area (Å²) in [4.78, 5) is 0.350. The van der Waals surface area contributed by atoms with E-state index in [2.05, 4.69) is 5.32 Å². The number of hydrogen-bond donors (Lipinski definition) is 1. The van der Waals surface area contributed by atoms with Crippen LogP contribution < -0.4 is 10.1 Å². The molecule has 0 atom stereocenters. The Kier molecular flexibility index (Phi) is 6.23. The zero-order valence-electron chi connectivity index (χ0n) is 13.4. The Morgan fingerprint density at radius 3 is 2.41 bits per heavy atom. The van der Waals surface area contributed by atoms with Gasteiger partial charge >= 0.3 is 0 Å². The Morgan fingerprint density at radius 2 is 1.86 bits per heavy atom. The third kappa shape index (κ3) is 4.21. The fourth-order valence-corrected chi connectivity index (χ4v) is 4.19. The summed E-state index contributed by atoms with van der Waals surface area (Å²) in [6.07, 6.45) is 2.76. The highest BCUT2D eigenvalue weighted by Crippen LogP contribution is 2.24. The lowest BCUT2D eigenvalue weighted by molar-refractivity contribution is 0.270. The van der Waals surface area contributed by atoms with Crippen molar-refractivity contribution in [3.63, 3.8) is 0 Å². The molecule has 1 fully saturated rings. The fraction of sp³-hybridized carbons (Fsp3) is 0.625. The SMILES string of the molecule is CCCOc1ccc(S(=O)(=O)N2CCC(CNC)CC2)cc1. The van der Waals surface area contributed by atoms with Crippen LogP contribution in [0.15, 0.2) is 29.2 Å². The number of sulfonamides is 1. The average Bonchev–Trinajstić information content (AvgIpc) is 2.54. The van der Waals surface area contributed by atoms with Gasteiger partial charge in [-0.3, -0.25) is 0 Å². The van der Waals surface area contributed by atoms with Crippen molar-refractivity contribution in [3.8, 4) is 5.75 Å². The average molecular weight is 326 g/mol. The summed E-state index contributed by atoms with van der Waals surface area (Å²) in [6, 6.07) is 6.74. The molecule has 0 amide bonds. The summed E-state index contributed by atoms with van der Waals surface area (Å²) in [5.74, 6) is 1.29. The smallest absolute Gasteiger partial charge is 0.243 e. The molecule has 1 heterocycles. The van der Waals surface area contributed by atoms with Gasteiger partial charge in [-0.15, -0.1) is 0 Å². The predicted molar refractivity (Wildman–Crippen MR) is 87.6 cm³/mol. The summed E-state index contributed by atoms with van der Waals surface area (Å²) in [7, 11) is -1.44. The van der Waals surface area contributed by atoms with Gasteiger partial charge in [-0.05, 0) is 63.0 Å². The molecule has 6 heteroatoms. The molecule has 1 aromatic carbocycles. The van der Waals surface area contributed by atoms with Crippen molar-refractivity contribution in [2.75, 3.05) is 33.3 Å². The van der Waals surface area contributed by atoms with E-state index in [1.54, 1.807) is 28.6 Å². The number of nitrogens with one attached hydrogen (secondary N) is 1. The van der Waals surface area contributed by atoms with E-state index in [4.69, 9.17) is 4.74 Å². The van der Waals surface area contributed by atoms with Crippen molar-refractivity contribution in [3.05, 3.63) is 24.3 Å². The molecule has 1 aliphatic heterocycles. The van der Waals surface area contributed by atoms with Crippen molar-refractivity contribution in [1.82, 2.24) is 9.62 Å². The summed E-state index contributed by atoms with van der Waals surface area (Å²) in [6.45, 7) is 4.84. The lowest BCUT2D eigenvalue weighted by atomic mass is 9.98. The van der Waals surface area contributed by atoms with Crippen LogP contribution in [0.4, 0.5) is 0 Å². The second-order valence-corrected chi connectivity index (χ2v) is 7.66. The van der Waals surface area contributed by atoms with Crippen LogP contribution in [0, 0.1) is 5.92 Å². The highest BCUT2D eigenvalue weighted by Gasteiger charge is 2.29. The Labute approximate surface area is 133 Å². The highest BCUT2D eigenvalue weighted by atomic mass is 32.2. The Balaban J connectivity index is 2.01. The highest BCUT2D eigenvalue weighted by molar-refractivity contribution is 7.89. The molecule has 1 aliphatic rings. The number of piperidine rings is 1. The molecule has 0 saturated carbocycles. The molecule has 0 unspecified atom stereocenters. The van der Waals surface area contributed by atoms with E-state index in [-0.39, 0.29) is 0 Å². The number of hydrogen-bond acceptors (Lipinski definition) is 4. The Morgan fingerprint density at radius 1 is 1.23 bits per heavy atom. The van der Waals surface area contributed by atoms with E-state index in [0.717, 1.165) is 25.8 Å². The minimum Gasteiger partial charge on any atom is -0.494 e. The minimum atomic E-state index is -3.38. The molecule has 0 radical (unpaired) electrons. The minimum absolute atomic E-state index is 0.350. The van der Waals surface area contributed by atoms with E-state index < -0.39 is 10.0 Å². The summed E-state index contributed by atoms with van der Waals surface area (Å²) < 4.78 is 32.4. The van der Waals surface area contributed by atoms with Crippen LogP contribution in [0.25, 0.3) is 0 Å². The monoisotopic (exact) mass is 326 g/mol. The van der Waals surface area contributed by atoms with E-state index in [1.807, 2.05) is 14.0 Å². The summed E-state index contributed by atoms with van der Waals surface area (Å²) in [5.41, 5.74) is 0. The van der Waals surface area contributed by atoms with Crippen molar-refractivity contribution in [2.24, 2.45) is 5.92 Å². The zero-order valence-corrected chi connectivity index (χ0v) is 14.2. The van der Waals surface area contributed by atoms with Crippen LogP contribution in [0.5, 0.6) is 5.75 Å². The van der Waals surface area contributed by atoms with Crippen molar-refractivity contribution in [2.45, 2.75) is 31.1 Å². The van der Waals surface area contributed by atoms with Gasteiger partial charge in [-0.1, -0.05) is 6.92 Å². The van der Waals surface area contributed by atoms with E-state index >= 15 is 0 Å². The zero-order chi connectivity index (χ0) is 16.0. The van der Waals surface area contributed by atoms with Crippen molar-refractivity contribution < 1.29 is 13.2 Å². The van der Waals surface area contributed by atoms with Crippen LogP contribution in [0.1, 0.15) is 26.2 Å². The van der Waals surface area contributed by atoms with Gasteiger partial charge < -0.3 is 10.1 Å². The number of rotatable bonds is 7. The molecule has 1 aromatic rings.